The van der Waals surface area contributed by atoms with E-state index in [9.17, 15) is 9.59 Å². The molecule has 4 heteroatoms. The minimum Gasteiger partial charge on any atom is -0.462 e. The van der Waals surface area contributed by atoms with Crippen LogP contribution in [0.15, 0.2) is 0 Å². The van der Waals surface area contributed by atoms with Gasteiger partial charge in [-0.1, -0.05) is 194 Å². The Labute approximate surface area is 288 Å². The van der Waals surface area contributed by atoms with Crippen LogP contribution in [-0.4, -0.2) is 24.4 Å². The second-order valence-corrected chi connectivity index (χ2v) is 14.6. The molecule has 0 bridgehead atoms. The zero-order chi connectivity index (χ0) is 33.8. The molecule has 4 nitrogen and oxygen atoms in total. The predicted octanol–water partition coefficient (Wildman–Crippen LogP) is 13.4. The van der Waals surface area contributed by atoms with Crippen molar-refractivity contribution < 1.29 is 14.3 Å². The fourth-order valence-corrected chi connectivity index (χ4v) is 6.69. The maximum Gasteiger partial charge on any atom is 0.310 e. The second kappa shape index (κ2) is 36.9. The van der Waals surface area contributed by atoms with Crippen LogP contribution in [0.5, 0.6) is 0 Å². The van der Waals surface area contributed by atoms with E-state index in [4.69, 9.17) is 10.5 Å². The van der Waals surface area contributed by atoms with Crippen LogP contribution in [0.4, 0.5) is 0 Å². The average Bonchev–Trinajstić information content (AvgIpc) is 3.05. The summed E-state index contributed by atoms with van der Waals surface area (Å²) < 4.78 is 6.10. The van der Waals surface area contributed by atoms with Gasteiger partial charge in [-0.2, -0.15) is 0 Å². The van der Waals surface area contributed by atoms with Crippen LogP contribution in [0.25, 0.3) is 0 Å². The van der Waals surface area contributed by atoms with Gasteiger partial charge in [0.05, 0.1) is 5.92 Å². The van der Waals surface area contributed by atoms with E-state index in [1.54, 1.807) is 0 Å². The third kappa shape index (κ3) is 31.7. The first kappa shape index (κ1) is 45.1. The Hall–Kier alpha value is -0.900. The molecule has 274 valence electrons. The van der Waals surface area contributed by atoms with E-state index in [-0.39, 0.29) is 30.8 Å². The lowest BCUT2D eigenvalue weighted by Gasteiger charge is -2.21. The molecule has 0 rings (SSSR count). The van der Waals surface area contributed by atoms with Crippen molar-refractivity contribution in [2.75, 3.05) is 6.54 Å². The summed E-state index contributed by atoms with van der Waals surface area (Å²) in [6.45, 7) is 7.01. The summed E-state index contributed by atoms with van der Waals surface area (Å²) in [5, 5.41) is 0. The molecule has 0 spiro atoms. The van der Waals surface area contributed by atoms with E-state index in [1.807, 2.05) is 0 Å². The summed E-state index contributed by atoms with van der Waals surface area (Å²) in [5.41, 5.74) is 6.01. The minimum absolute atomic E-state index is 0.0260. The number of carbonyl (C=O) groups is 2. The molecular formula is C42H83NO3. The smallest absolute Gasteiger partial charge is 0.310 e. The highest BCUT2D eigenvalue weighted by atomic mass is 16.5. The van der Waals surface area contributed by atoms with Gasteiger partial charge in [0.1, 0.15) is 11.9 Å². The molecule has 0 aliphatic rings. The Balaban J connectivity index is 4.38. The molecule has 0 aromatic carbocycles. The number of rotatable bonds is 38. The van der Waals surface area contributed by atoms with Gasteiger partial charge in [-0.15, -0.1) is 0 Å². The maximum absolute atomic E-state index is 13.2. The molecule has 0 saturated carbocycles. The number of ketones is 1. The summed E-state index contributed by atoms with van der Waals surface area (Å²) in [7, 11) is 0. The third-order valence-electron chi connectivity index (χ3n) is 9.94. The largest absolute Gasteiger partial charge is 0.462 e. The maximum atomic E-state index is 13.2. The van der Waals surface area contributed by atoms with Crippen LogP contribution in [0.2, 0.25) is 0 Å². The van der Waals surface area contributed by atoms with Gasteiger partial charge in [0, 0.05) is 19.4 Å². The number of hydrogen-bond donors (Lipinski definition) is 1. The molecule has 0 aliphatic carbocycles. The summed E-state index contributed by atoms with van der Waals surface area (Å²) in [6, 6.07) is 0. The van der Waals surface area contributed by atoms with Gasteiger partial charge >= 0.3 is 5.97 Å². The molecule has 46 heavy (non-hydrogen) atoms. The van der Waals surface area contributed by atoms with Gasteiger partial charge in [-0.05, 0) is 32.1 Å². The topological polar surface area (TPSA) is 69.4 Å². The van der Waals surface area contributed by atoms with Gasteiger partial charge < -0.3 is 10.5 Å². The Morgan fingerprint density at radius 2 is 0.761 bits per heavy atom. The van der Waals surface area contributed by atoms with E-state index in [2.05, 4.69) is 20.8 Å². The fraction of sp³-hybridized carbons (Fsp3) is 0.952. The Kier molecular flexibility index (Phi) is 36.2. The molecule has 0 aromatic rings. The van der Waals surface area contributed by atoms with Crippen molar-refractivity contribution in [2.24, 2.45) is 11.7 Å². The van der Waals surface area contributed by atoms with Crippen LogP contribution >= 0.6 is 0 Å². The number of hydrogen-bond acceptors (Lipinski definition) is 4. The van der Waals surface area contributed by atoms with E-state index in [1.165, 1.54) is 167 Å². The van der Waals surface area contributed by atoms with Crippen molar-refractivity contribution in [1.29, 1.82) is 0 Å². The average molecular weight is 650 g/mol. The number of carbonyl (C=O) groups excluding carboxylic acids is 2. The van der Waals surface area contributed by atoms with E-state index >= 15 is 0 Å². The molecule has 2 atom stereocenters. The molecule has 0 fully saturated rings. The van der Waals surface area contributed by atoms with Gasteiger partial charge in [-0.25, -0.2) is 0 Å². The van der Waals surface area contributed by atoms with Crippen molar-refractivity contribution in [3.63, 3.8) is 0 Å². The number of unbranched alkanes of at least 4 members (excludes halogenated alkanes) is 27. The Morgan fingerprint density at radius 3 is 1.09 bits per heavy atom. The molecular weight excluding hydrogens is 566 g/mol. The first-order valence-electron chi connectivity index (χ1n) is 21.0. The zero-order valence-corrected chi connectivity index (χ0v) is 31.7. The van der Waals surface area contributed by atoms with Crippen LogP contribution in [-0.2, 0) is 14.3 Å². The highest BCUT2D eigenvalue weighted by molar-refractivity contribution is 5.84. The van der Waals surface area contributed by atoms with Crippen LogP contribution in [0.1, 0.15) is 239 Å². The van der Waals surface area contributed by atoms with Gasteiger partial charge in [0.2, 0.25) is 0 Å². The summed E-state index contributed by atoms with van der Waals surface area (Å²) in [5.74, 6) is -0.547. The Morgan fingerprint density at radius 1 is 0.457 bits per heavy atom. The normalized spacial score (nSPS) is 12.8. The van der Waals surface area contributed by atoms with Crippen molar-refractivity contribution in [3.8, 4) is 0 Å². The molecule has 0 amide bonds. The molecule has 0 aromatic heterocycles. The predicted molar refractivity (Wildman–Crippen MR) is 201 cm³/mol. The van der Waals surface area contributed by atoms with Crippen LogP contribution in [0, 0.1) is 5.92 Å². The zero-order valence-electron chi connectivity index (χ0n) is 31.7. The van der Waals surface area contributed by atoms with Crippen molar-refractivity contribution >= 4 is 11.8 Å². The first-order chi connectivity index (χ1) is 22.6. The summed E-state index contributed by atoms with van der Waals surface area (Å²) in [6.07, 6.45) is 41.5. The van der Waals surface area contributed by atoms with Gasteiger partial charge in [0.15, 0.2) is 0 Å². The third-order valence-corrected chi connectivity index (χ3v) is 9.94. The highest BCUT2D eigenvalue weighted by Crippen LogP contribution is 2.20. The molecule has 0 aliphatic heterocycles. The molecule has 2 N–H and O–H groups in total. The van der Waals surface area contributed by atoms with Crippen molar-refractivity contribution in [2.45, 2.75) is 245 Å². The lowest BCUT2D eigenvalue weighted by atomic mass is 9.98. The van der Waals surface area contributed by atoms with Crippen LogP contribution in [0.3, 0.4) is 0 Å². The monoisotopic (exact) mass is 650 g/mol. The first-order valence-corrected chi connectivity index (χ1v) is 21.0. The standard InChI is InChI=1S/C42H83NO3/c1-4-7-10-13-16-19-21-23-25-28-31-34-40(44)37-39(38-43)42(45)46-41(35-32-29-26-18-15-12-9-6-3)36-33-30-27-24-22-20-17-14-11-8-5-2/h39,41H,4-38,43H2,1-3H3. The van der Waals surface area contributed by atoms with E-state index < -0.39 is 5.92 Å². The number of nitrogens with two attached hydrogens (primary N) is 1. The SMILES string of the molecule is CCCCCCCCCCCCCC(=O)CC(CN)C(=O)OC(CCCCCCCCCC)CCCCCCCCCCCCC. The molecule has 2 unspecified atom stereocenters. The second-order valence-electron chi connectivity index (χ2n) is 14.6. The summed E-state index contributed by atoms with van der Waals surface area (Å²) >= 11 is 0. The molecule has 0 heterocycles. The van der Waals surface area contributed by atoms with Crippen LogP contribution < -0.4 is 5.73 Å². The van der Waals surface area contributed by atoms with Gasteiger partial charge in [-0.3, -0.25) is 9.59 Å². The molecule has 0 radical (unpaired) electrons. The van der Waals surface area contributed by atoms with Gasteiger partial charge in [0.25, 0.3) is 0 Å². The van der Waals surface area contributed by atoms with Crippen molar-refractivity contribution in [1.82, 2.24) is 0 Å². The quantitative estimate of drug-likeness (QED) is 0.0534. The number of Topliss-reactive ketones (excluding diaryl/α,β-unsaturated/α-hetero) is 1. The summed E-state index contributed by atoms with van der Waals surface area (Å²) in [4.78, 5) is 25.9. The van der Waals surface area contributed by atoms with E-state index in [0.29, 0.717) is 6.42 Å². The fourth-order valence-electron chi connectivity index (χ4n) is 6.69. The van der Waals surface area contributed by atoms with Crippen molar-refractivity contribution in [3.05, 3.63) is 0 Å². The lowest BCUT2D eigenvalue weighted by Crippen LogP contribution is -2.31. The molecule has 0 saturated heterocycles. The lowest BCUT2D eigenvalue weighted by molar-refractivity contribution is -0.155. The highest BCUT2D eigenvalue weighted by Gasteiger charge is 2.24. The van der Waals surface area contributed by atoms with E-state index in [0.717, 1.165) is 38.5 Å². The number of ether oxygens (including phenoxy) is 1. The Bertz CT molecular complexity index is 636. The minimum atomic E-state index is -0.487. The number of esters is 1.